The first-order valence-corrected chi connectivity index (χ1v) is 10.5. The first-order valence-electron chi connectivity index (χ1n) is 8.99. The van der Waals surface area contributed by atoms with Crippen molar-refractivity contribution in [1.82, 2.24) is 4.72 Å². The zero-order valence-corrected chi connectivity index (χ0v) is 16.4. The zero-order chi connectivity index (χ0) is 20.1. The van der Waals surface area contributed by atoms with Crippen LogP contribution in [0, 0.1) is 0 Å². The van der Waals surface area contributed by atoms with Crippen LogP contribution in [0.2, 0.25) is 0 Å². The number of nitrogens with one attached hydrogen (secondary N) is 1. The second kappa shape index (κ2) is 8.53. The minimum Gasteiger partial charge on any atom is -0.497 e. The summed E-state index contributed by atoms with van der Waals surface area (Å²) in [5.74, 6) is 0.237. The number of rotatable bonds is 8. The minimum atomic E-state index is -3.66. The number of carbonyl (C=O) groups is 2. The van der Waals surface area contributed by atoms with Crippen LogP contribution in [-0.2, 0) is 26.0 Å². The fourth-order valence-corrected chi connectivity index (χ4v) is 4.12. The predicted octanol–water partition coefficient (Wildman–Crippen LogP) is 2.26. The average molecular weight is 402 g/mol. The highest BCUT2D eigenvalue weighted by Crippen LogP contribution is 2.24. The summed E-state index contributed by atoms with van der Waals surface area (Å²) in [5.41, 5.74) is 1.47. The second-order valence-corrected chi connectivity index (χ2v) is 8.24. The van der Waals surface area contributed by atoms with Crippen molar-refractivity contribution >= 4 is 27.5 Å². The van der Waals surface area contributed by atoms with Crippen molar-refractivity contribution in [1.29, 1.82) is 0 Å². The van der Waals surface area contributed by atoms with E-state index in [0.717, 1.165) is 22.6 Å². The summed E-state index contributed by atoms with van der Waals surface area (Å²) in [6, 6.07) is 13.4. The Morgan fingerprint density at radius 2 is 1.71 bits per heavy atom. The molecule has 0 spiro atoms. The molecule has 2 aromatic rings. The zero-order valence-electron chi connectivity index (χ0n) is 15.6. The quantitative estimate of drug-likeness (QED) is 0.540. The largest absolute Gasteiger partial charge is 0.497 e. The van der Waals surface area contributed by atoms with Crippen molar-refractivity contribution in [3.63, 3.8) is 0 Å². The number of aryl methyl sites for hydroxylation is 1. The van der Waals surface area contributed by atoms with Crippen LogP contribution in [0.5, 0.6) is 5.75 Å². The van der Waals surface area contributed by atoms with Crippen molar-refractivity contribution < 1.29 is 22.7 Å². The van der Waals surface area contributed by atoms with Gasteiger partial charge in [0.1, 0.15) is 5.75 Å². The van der Waals surface area contributed by atoms with E-state index in [1.165, 1.54) is 24.3 Å². The van der Waals surface area contributed by atoms with Crippen LogP contribution in [0.25, 0.3) is 0 Å². The SMILES string of the molecule is COc1cccc(CCCNS(=O)(=O)c2ccc(N3C(=O)CCC3=O)cc2)c1. The third-order valence-corrected chi connectivity index (χ3v) is 6.00. The summed E-state index contributed by atoms with van der Waals surface area (Å²) >= 11 is 0. The lowest BCUT2D eigenvalue weighted by Gasteiger charge is -2.14. The molecule has 148 valence electrons. The van der Waals surface area contributed by atoms with E-state index < -0.39 is 10.0 Å². The van der Waals surface area contributed by atoms with Crippen LogP contribution < -0.4 is 14.4 Å². The third-order valence-electron chi connectivity index (χ3n) is 4.53. The Morgan fingerprint density at radius 3 is 2.36 bits per heavy atom. The summed E-state index contributed by atoms with van der Waals surface area (Å²) in [5, 5.41) is 0. The van der Waals surface area contributed by atoms with Gasteiger partial charge in [0, 0.05) is 19.4 Å². The van der Waals surface area contributed by atoms with E-state index in [9.17, 15) is 18.0 Å². The summed E-state index contributed by atoms with van der Waals surface area (Å²) in [6.45, 7) is 0.296. The molecule has 0 atom stereocenters. The Kier molecular flexibility index (Phi) is 6.11. The van der Waals surface area contributed by atoms with Gasteiger partial charge in [-0.15, -0.1) is 0 Å². The predicted molar refractivity (Wildman–Crippen MR) is 105 cm³/mol. The smallest absolute Gasteiger partial charge is 0.240 e. The molecule has 1 saturated heterocycles. The molecule has 1 aliphatic heterocycles. The van der Waals surface area contributed by atoms with E-state index >= 15 is 0 Å². The number of amides is 2. The lowest BCUT2D eigenvalue weighted by molar-refractivity contribution is -0.121. The summed E-state index contributed by atoms with van der Waals surface area (Å²) in [7, 11) is -2.05. The monoisotopic (exact) mass is 402 g/mol. The fourth-order valence-electron chi connectivity index (χ4n) is 3.05. The fraction of sp³-hybridized carbons (Fsp3) is 0.300. The van der Waals surface area contributed by atoms with Gasteiger partial charge in [-0.05, 0) is 54.8 Å². The number of hydrogen-bond acceptors (Lipinski definition) is 5. The molecular weight excluding hydrogens is 380 g/mol. The Labute approximate surface area is 164 Å². The number of ether oxygens (including phenoxy) is 1. The van der Waals surface area contributed by atoms with E-state index in [1.54, 1.807) is 7.11 Å². The van der Waals surface area contributed by atoms with Gasteiger partial charge in [0.2, 0.25) is 21.8 Å². The summed E-state index contributed by atoms with van der Waals surface area (Å²) < 4.78 is 32.6. The highest BCUT2D eigenvalue weighted by atomic mass is 32.2. The van der Waals surface area contributed by atoms with E-state index in [2.05, 4.69) is 4.72 Å². The van der Waals surface area contributed by atoms with Crippen LogP contribution >= 0.6 is 0 Å². The molecule has 7 nitrogen and oxygen atoms in total. The number of anilines is 1. The maximum Gasteiger partial charge on any atom is 0.240 e. The van der Waals surface area contributed by atoms with Gasteiger partial charge in [-0.1, -0.05) is 12.1 Å². The Morgan fingerprint density at radius 1 is 1.04 bits per heavy atom. The highest BCUT2D eigenvalue weighted by Gasteiger charge is 2.30. The van der Waals surface area contributed by atoms with E-state index in [-0.39, 0.29) is 29.6 Å². The number of nitrogens with zero attached hydrogens (tertiary/aromatic N) is 1. The average Bonchev–Trinajstić information content (AvgIpc) is 3.04. The summed E-state index contributed by atoms with van der Waals surface area (Å²) in [4.78, 5) is 24.7. The number of sulfonamides is 1. The van der Waals surface area contributed by atoms with Crippen molar-refractivity contribution in [3.8, 4) is 5.75 Å². The van der Waals surface area contributed by atoms with E-state index in [4.69, 9.17) is 4.74 Å². The van der Waals surface area contributed by atoms with Crippen molar-refractivity contribution in [2.75, 3.05) is 18.6 Å². The number of imide groups is 1. The van der Waals surface area contributed by atoms with Crippen LogP contribution in [0.3, 0.4) is 0 Å². The molecule has 0 aliphatic carbocycles. The molecule has 8 heteroatoms. The first kappa shape index (κ1) is 20.0. The van der Waals surface area contributed by atoms with Gasteiger partial charge in [-0.2, -0.15) is 0 Å². The van der Waals surface area contributed by atoms with Gasteiger partial charge in [0.05, 0.1) is 17.7 Å². The Hall–Kier alpha value is -2.71. The molecule has 1 aliphatic rings. The van der Waals surface area contributed by atoms with E-state index in [0.29, 0.717) is 18.7 Å². The highest BCUT2D eigenvalue weighted by molar-refractivity contribution is 7.89. The molecule has 1 fully saturated rings. The van der Waals surface area contributed by atoms with Gasteiger partial charge in [-0.25, -0.2) is 13.1 Å². The summed E-state index contributed by atoms with van der Waals surface area (Å²) in [6.07, 6.45) is 1.74. The third kappa shape index (κ3) is 4.58. The van der Waals surface area contributed by atoms with Crippen LogP contribution in [0.1, 0.15) is 24.8 Å². The van der Waals surface area contributed by atoms with Crippen molar-refractivity contribution in [3.05, 3.63) is 54.1 Å². The number of benzene rings is 2. The lowest BCUT2D eigenvalue weighted by Crippen LogP contribution is -2.29. The maximum atomic E-state index is 12.4. The van der Waals surface area contributed by atoms with Crippen LogP contribution in [0.15, 0.2) is 53.4 Å². The van der Waals surface area contributed by atoms with Gasteiger partial charge in [0.25, 0.3) is 0 Å². The molecule has 1 N–H and O–H groups in total. The standard InChI is InChI=1S/C20H22N2O5S/c1-27-17-6-2-4-15(14-17)5-3-13-21-28(25,26)18-9-7-16(8-10-18)22-19(23)11-12-20(22)24/h2,4,6-10,14,21H,3,5,11-13H2,1H3. The number of carbonyl (C=O) groups excluding carboxylic acids is 2. The van der Waals surface area contributed by atoms with Gasteiger partial charge >= 0.3 is 0 Å². The van der Waals surface area contributed by atoms with Gasteiger partial charge < -0.3 is 4.74 Å². The topological polar surface area (TPSA) is 92.8 Å². The van der Waals surface area contributed by atoms with E-state index in [1.807, 2.05) is 24.3 Å². The minimum absolute atomic E-state index is 0.0942. The van der Waals surface area contributed by atoms with Gasteiger partial charge in [0.15, 0.2) is 0 Å². The maximum absolute atomic E-state index is 12.4. The molecule has 0 radical (unpaired) electrons. The molecule has 0 aromatic heterocycles. The normalized spacial score (nSPS) is 14.5. The molecule has 3 rings (SSSR count). The molecule has 28 heavy (non-hydrogen) atoms. The van der Waals surface area contributed by atoms with Crippen LogP contribution in [-0.4, -0.2) is 33.9 Å². The van der Waals surface area contributed by atoms with Crippen molar-refractivity contribution in [2.45, 2.75) is 30.6 Å². The molecule has 2 amide bonds. The number of methoxy groups -OCH3 is 1. The molecule has 0 saturated carbocycles. The molecule has 2 aromatic carbocycles. The second-order valence-electron chi connectivity index (χ2n) is 6.47. The lowest BCUT2D eigenvalue weighted by atomic mass is 10.1. The first-order chi connectivity index (χ1) is 13.4. The molecule has 0 unspecified atom stereocenters. The Balaban J connectivity index is 1.57. The Bertz CT molecular complexity index is 954. The van der Waals surface area contributed by atoms with Crippen molar-refractivity contribution in [2.24, 2.45) is 0 Å². The molecule has 0 bridgehead atoms. The number of hydrogen-bond donors (Lipinski definition) is 1. The van der Waals surface area contributed by atoms with Crippen LogP contribution in [0.4, 0.5) is 5.69 Å². The van der Waals surface area contributed by atoms with Gasteiger partial charge in [-0.3, -0.25) is 14.5 Å². The molecule has 1 heterocycles. The molecular formula is C20H22N2O5S.